The summed E-state index contributed by atoms with van der Waals surface area (Å²) in [6.45, 7) is 1.61. The number of carboxylic acid groups (broad SMARTS) is 1. The summed E-state index contributed by atoms with van der Waals surface area (Å²) in [5.41, 5.74) is -0.0271. The minimum absolute atomic E-state index is 0.0164. The second-order valence-corrected chi connectivity index (χ2v) is 3.09. The van der Waals surface area contributed by atoms with Gasteiger partial charge in [-0.25, -0.2) is 14.4 Å². The summed E-state index contributed by atoms with van der Waals surface area (Å²) in [5, 5.41) is 8.73. The summed E-state index contributed by atoms with van der Waals surface area (Å²) >= 11 is 0. The van der Waals surface area contributed by atoms with E-state index in [-0.39, 0.29) is 11.1 Å². The third kappa shape index (κ3) is 3.57. The second kappa shape index (κ2) is 5.60. The summed E-state index contributed by atoms with van der Waals surface area (Å²) in [7, 11) is 0. The van der Waals surface area contributed by atoms with Crippen LogP contribution in [-0.4, -0.2) is 23.0 Å². The first-order valence-electron chi connectivity index (χ1n) is 4.76. The first-order chi connectivity index (χ1) is 8.04. The van der Waals surface area contributed by atoms with E-state index in [9.17, 15) is 14.4 Å². The average molecular weight is 234 g/mol. The molecule has 0 spiro atoms. The number of rotatable bonds is 3. The highest BCUT2D eigenvalue weighted by atomic mass is 16.6. The van der Waals surface area contributed by atoms with Crippen molar-refractivity contribution in [3.8, 4) is 0 Å². The Bertz CT molecular complexity index is 487. The lowest BCUT2D eigenvalue weighted by Crippen LogP contribution is -2.11. The van der Waals surface area contributed by atoms with Crippen molar-refractivity contribution in [2.45, 2.75) is 6.92 Å². The number of benzene rings is 1. The van der Waals surface area contributed by atoms with Gasteiger partial charge in [0.2, 0.25) is 0 Å². The Morgan fingerprint density at radius 1 is 1.24 bits per heavy atom. The van der Waals surface area contributed by atoms with Crippen LogP contribution in [0.15, 0.2) is 36.4 Å². The maximum Gasteiger partial charge on any atom is 0.346 e. The van der Waals surface area contributed by atoms with Crippen molar-refractivity contribution in [3.05, 3.63) is 47.5 Å². The number of ether oxygens (including phenoxy) is 1. The van der Waals surface area contributed by atoms with Gasteiger partial charge in [-0.2, -0.15) is 0 Å². The van der Waals surface area contributed by atoms with E-state index in [1.807, 2.05) is 0 Å². The molecule has 0 atom stereocenters. The molecule has 1 rings (SSSR count). The van der Waals surface area contributed by atoms with Crippen molar-refractivity contribution in [2.75, 3.05) is 0 Å². The van der Waals surface area contributed by atoms with Crippen LogP contribution in [0, 0.1) is 0 Å². The van der Waals surface area contributed by atoms with Crippen molar-refractivity contribution in [1.29, 1.82) is 0 Å². The quantitative estimate of drug-likeness (QED) is 0.488. The van der Waals surface area contributed by atoms with Crippen molar-refractivity contribution in [3.63, 3.8) is 0 Å². The van der Waals surface area contributed by atoms with Gasteiger partial charge in [-0.15, -0.1) is 0 Å². The van der Waals surface area contributed by atoms with E-state index >= 15 is 0 Å². The van der Waals surface area contributed by atoms with Crippen LogP contribution in [0.25, 0.3) is 0 Å². The van der Waals surface area contributed by atoms with Gasteiger partial charge in [-0.3, -0.25) is 0 Å². The summed E-state index contributed by atoms with van der Waals surface area (Å²) in [6.07, 6.45) is 2.53. The number of hydrogen-bond donors (Lipinski definition) is 1. The highest BCUT2D eigenvalue weighted by Gasteiger charge is 2.12. The van der Waals surface area contributed by atoms with E-state index in [0.29, 0.717) is 0 Å². The number of esters is 2. The van der Waals surface area contributed by atoms with Crippen LogP contribution in [0.5, 0.6) is 0 Å². The molecule has 0 amide bonds. The number of allylic oxidation sites excluding steroid dienone is 1. The Balaban J connectivity index is 2.86. The van der Waals surface area contributed by atoms with E-state index in [1.54, 1.807) is 6.92 Å². The molecule has 0 heterocycles. The fourth-order valence-electron chi connectivity index (χ4n) is 1.10. The molecule has 0 aliphatic rings. The molecular formula is C12H10O5. The SMILES string of the molecule is CC=CC(=O)OC(=O)c1cccc(C(=O)O)c1. The fourth-order valence-corrected chi connectivity index (χ4v) is 1.10. The van der Waals surface area contributed by atoms with E-state index in [0.717, 1.165) is 12.1 Å². The molecule has 0 radical (unpaired) electrons. The number of aromatic carboxylic acids is 1. The van der Waals surface area contributed by atoms with Gasteiger partial charge < -0.3 is 9.84 Å². The Morgan fingerprint density at radius 3 is 2.47 bits per heavy atom. The third-order valence-electron chi connectivity index (χ3n) is 1.84. The Hall–Kier alpha value is -2.43. The summed E-state index contributed by atoms with van der Waals surface area (Å²) in [5.74, 6) is -2.83. The highest BCUT2D eigenvalue weighted by molar-refractivity contribution is 6.01. The van der Waals surface area contributed by atoms with Gasteiger partial charge >= 0.3 is 17.9 Å². The normalized spacial score (nSPS) is 10.2. The molecule has 0 unspecified atom stereocenters. The maximum atomic E-state index is 11.4. The first-order valence-corrected chi connectivity index (χ1v) is 4.76. The summed E-state index contributed by atoms with van der Waals surface area (Å²) in [6, 6.07) is 5.26. The lowest BCUT2D eigenvalue weighted by molar-refractivity contribution is -0.132. The maximum absolute atomic E-state index is 11.4. The van der Waals surface area contributed by atoms with Crippen molar-refractivity contribution in [2.24, 2.45) is 0 Å². The molecule has 0 saturated carbocycles. The molecular weight excluding hydrogens is 224 g/mol. The number of carbonyl (C=O) groups is 3. The van der Waals surface area contributed by atoms with Gasteiger partial charge in [-0.1, -0.05) is 12.1 Å². The van der Waals surface area contributed by atoms with Gasteiger partial charge in [0.1, 0.15) is 0 Å². The highest BCUT2D eigenvalue weighted by Crippen LogP contribution is 2.07. The van der Waals surface area contributed by atoms with Crippen LogP contribution in [0.1, 0.15) is 27.6 Å². The van der Waals surface area contributed by atoms with E-state index in [4.69, 9.17) is 5.11 Å². The van der Waals surface area contributed by atoms with Crippen LogP contribution in [0.2, 0.25) is 0 Å². The molecule has 0 bridgehead atoms. The number of carbonyl (C=O) groups excluding carboxylic acids is 2. The molecule has 0 aromatic heterocycles. The lowest BCUT2D eigenvalue weighted by Gasteiger charge is -2.01. The second-order valence-electron chi connectivity index (χ2n) is 3.09. The van der Waals surface area contributed by atoms with Crippen LogP contribution in [0.4, 0.5) is 0 Å². The van der Waals surface area contributed by atoms with Gasteiger partial charge in [0.05, 0.1) is 11.1 Å². The molecule has 1 aromatic carbocycles. The first kappa shape index (κ1) is 12.6. The Labute approximate surface area is 97.3 Å². The molecule has 1 N–H and O–H groups in total. The van der Waals surface area contributed by atoms with Crippen LogP contribution < -0.4 is 0 Å². The standard InChI is InChI=1S/C12H10O5/c1-2-4-10(13)17-12(16)9-6-3-5-8(7-9)11(14)15/h2-7H,1H3,(H,14,15). The van der Waals surface area contributed by atoms with Gasteiger partial charge in [0.15, 0.2) is 0 Å². The summed E-state index contributed by atoms with van der Waals surface area (Å²) < 4.78 is 4.45. The minimum Gasteiger partial charge on any atom is -0.478 e. The zero-order valence-electron chi connectivity index (χ0n) is 9.04. The van der Waals surface area contributed by atoms with Crippen molar-refractivity contribution >= 4 is 17.9 Å². The average Bonchev–Trinajstić information content (AvgIpc) is 2.29. The Kier molecular flexibility index (Phi) is 4.16. The number of hydrogen-bond acceptors (Lipinski definition) is 4. The zero-order chi connectivity index (χ0) is 12.8. The molecule has 0 aliphatic heterocycles. The molecule has 0 aliphatic carbocycles. The predicted octanol–water partition coefficient (Wildman–Crippen LogP) is 1.64. The topological polar surface area (TPSA) is 80.7 Å². The van der Waals surface area contributed by atoms with E-state index < -0.39 is 17.9 Å². The molecule has 0 fully saturated rings. The fraction of sp³-hybridized carbons (Fsp3) is 0.0833. The van der Waals surface area contributed by atoms with Crippen LogP contribution in [-0.2, 0) is 9.53 Å². The molecule has 0 saturated heterocycles. The van der Waals surface area contributed by atoms with E-state index in [1.165, 1.54) is 24.3 Å². The molecule has 17 heavy (non-hydrogen) atoms. The monoisotopic (exact) mass is 234 g/mol. The molecule has 5 heteroatoms. The largest absolute Gasteiger partial charge is 0.478 e. The van der Waals surface area contributed by atoms with Gasteiger partial charge in [0.25, 0.3) is 0 Å². The predicted molar refractivity (Wildman–Crippen MR) is 58.6 cm³/mol. The summed E-state index contributed by atoms with van der Waals surface area (Å²) in [4.78, 5) is 33.1. The molecule has 5 nitrogen and oxygen atoms in total. The lowest BCUT2D eigenvalue weighted by atomic mass is 10.1. The molecule has 1 aromatic rings. The van der Waals surface area contributed by atoms with Crippen LogP contribution >= 0.6 is 0 Å². The molecule has 88 valence electrons. The Morgan fingerprint density at radius 2 is 1.88 bits per heavy atom. The van der Waals surface area contributed by atoms with Gasteiger partial charge in [-0.05, 0) is 25.1 Å². The van der Waals surface area contributed by atoms with Crippen molar-refractivity contribution < 1.29 is 24.2 Å². The van der Waals surface area contributed by atoms with Gasteiger partial charge in [0, 0.05) is 6.08 Å². The van der Waals surface area contributed by atoms with E-state index in [2.05, 4.69) is 4.74 Å². The third-order valence-corrected chi connectivity index (χ3v) is 1.84. The zero-order valence-corrected chi connectivity index (χ0v) is 9.04. The van der Waals surface area contributed by atoms with Crippen LogP contribution in [0.3, 0.4) is 0 Å². The number of carboxylic acids is 1. The van der Waals surface area contributed by atoms with Crippen molar-refractivity contribution in [1.82, 2.24) is 0 Å². The minimum atomic E-state index is -1.15. The smallest absolute Gasteiger partial charge is 0.346 e.